The van der Waals surface area contributed by atoms with Gasteiger partial charge in [-0.2, -0.15) is 0 Å². The number of ether oxygens (including phenoxy) is 1. The van der Waals surface area contributed by atoms with Crippen molar-refractivity contribution in [2.24, 2.45) is 5.41 Å². The van der Waals surface area contributed by atoms with Crippen LogP contribution in [0.5, 0.6) is 0 Å². The Labute approximate surface area is 115 Å². The molecule has 2 rings (SSSR count). The van der Waals surface area contributed by atoms with Crippen LogP contribution in [0.25, 0.3) is 0 Å². The fourth-order valence-corrected chi connectivity index (χ4v) is 2.99. The molecule has 106 valence electrons. The summed E-state index contributed by atoms with van der Waals surface area (Å²) in [4.78, 5) is 0. The molecule has 3 unspecified atom stereocenters. The second-order valence-electron chi connectivity index (χ2n) is 5.75. The number of hydrogen-bond donors (Lipinski definition) is 1. The highest BCUT2D eigenvalue weighted by atomic mass is 19.1. The summed E-state index contributed by atoms with van der Waals surface area (Å²) in [5.41, 5.74) is 1.95. The molecule has 3 heteroatoms. The lowest BCUT2D eigenvalue weighted by Crippen LogP contribution is -2.59. The average molecular weight is 265 g/mol. The van der Waals surface area contributed by atoms with Crippen molar-refractivity contribution in [3.63, 3.8) is 0 Å². The molecule has 1 fully saturated rings. The van der Waals surface area contributed by atoms with E-state index in [1.807, 2.05) is 19.9 Å². The first kappa shape index (κ1) is 14.3. The van der Waals surface area contributed by atoms with Crippen LogP contribution in [-0.4, -0.2) is 18.8 Å². The van der Waals surface area contributed by atoms with Gasteiger partial charge in [-0.3, -0.25) is 0 Å². The van der Waals surface area contributed by atoms with E-state index in [0.717, 1.165) is 30.7 Å². The molecule has 19 heavy (non-hydrogen) atoms. The molecular formula is C16H24FNO. The van der Waals surface area contributed by atoms with E-state index in [1.54, 1.807) is 12.1 Å². The first-order chi connectivity index (χ1) is 8.99. The minimum Gasteiger partial charge on any atom is -0.381 e. The van der Waals surface area contributed by atoms with E-state index in [0.29, 0.717) is 12.1 Å². The lowest BCUT2D eigenvalue weighted by Gasteiger charge is -2.54. The summed E-state index contributed by atoms with van der Waals surface area (Å²) in [6, 6.07) is 5.47. The highest BCUT2D eigenvalue weighted by Gasteiger charge is 2.51. The average Bonchev–Trinajstić information content (AvgIpc) is 2.35. The van der Waals surface area contributed by atoms with Crippen molar-refractivity contribution < 1.29 is 9.13 Å². The number of rotatable bonds is 5. The molecule has 1 aliphatic rings. The van der Waals surface area contributed by atoms with Crippen LogP contribution in [0.15, 0.2) is 18.2 Å². The van der Waals surface area contributed by atoms with Crippen LogP contribution in [0.1, 0.15) is 39.2 Å². The van der Waals surface area contributed by atoms with Crippen molar-refractivity contribution in [2.75, 3.05) is 11.9 Å². The van der Waals surface area contributed by atoms with Gasteiger partial charge in [0.2, 0.25) is 0 Å². The standard InChI is InChI=1S/C16H24FNO/c1-5-16(4)14(10-15(16)19-6-2)18-13-8-11(3)7-12(17)9-13/h7-9,14-15,18H,5-6,10H2,1-4H3. The zero-order valence-corrected chi connectivity index (χ0v) is 12.3. The highest BCUT2D eigenvalue weighted by Crippen LogP contribution is 2.47. The Bertz CT molecular complexity index is 428. The van der Waals surface area contributed by atoms with Gasteiger partial charge in [0.25, 0.3) is 0 Å². The lowest BCUT2D eigenvalue weighted by atomic mass is 9.61. The molecule has 2 nitrogen and oxygen atoms in total. The number of halogens is 1. The summed E-state index contributed by atoms with van der Waals surface area (Å²) in [7, 11) is 0. The van der Waals surface area contributed by atoms with Gasteiger partial charge in [0.05, 0.1) is 6.10 Å². The maximum absolute atomic E-state index is 13.4. The number of anilines is 1. The predicted octanol–water partition coefficient (Wildman–Crippen LogP) is 4.14. The molecule has 1 aromatic carbocycles. The second-order valence-corrected chi connectivity index (χ2v) is 5.75. The van der Waals surface area contributed by atoms with Crippen LogP contribution in [0.4, 0.5) is 10.1 Å². The Kier molecular flexibility index (Phi) is 4.14. The highest BCUT2D eigenvalue weighted by molar-refractivity contribution is 5.48. The maximum atomic E-state index is 13.4. The molecule has 0 amide bonds. The van der Waals surface area contributed by atoms with Gasteiger partial charge in [0.1, 0.15) is 5.82 Å². The van der Waals surface area contributed by atoms with Gasteiger partial charge in [-0.15, -0.1) is 0 Å². The molecular weight excluding hydrogens is 241 g/mol. The first-order valence-electron chi connectivity index (χ1n) is 7.15. The molecule has 1 N–H and O–H groups in total. The van der Waals surface area contributed by atoms with Crippen molar-refractivity contribution in [2.45, 2.75) is 52.7 Å². The minimum atomic E-state index is -0.179. The molecule has 0 saturated heterocycles. The van der Waals surface area contributed by atoms with Crippen molar-refractivity contribution in [1.29, 1.82) is 0 Å². The Morgan fingerprint density at radius 2 is 2.11 bits per heavy atom. The summed E-state index contributed by atoms with van der Waals surface area (Å²) < 4.78 is 19.2. The SMILES string of the molecule is CCOC1CC(Nc2cc(C)cc(F)c2)C1(C)CC. The van der Waals surface area contributed by atoms with Crippen molar-refractivity contribution in [3.8, 4) is 0 Å². The minimum absolute atomic E-state index is 0.135. The molecule has 0 radical (unpaired) electrons. The number of aryl methyl sites for hydroxylation is 1. The van der Waals surface area contributed by atoms with E-state index in [1.165, 1.54) is 0 Å². The lowest BCUT2D eigenvalue weighted by molar-refractivity contribution is -0.109. The molecule has 1 saturated carbocycles. The summed E-state index contributed by atoms with van der Waals surface area (Å²) in [5, 5.41) is 3.47. The molecule has 0 spiro atoms. The van der Waals surface area contributed by atoms with E-state index in [4.69, 9.17) is 4.74 Å². The third-order valence-corrected chi connectivity index (χ3v) is 4.49. The number of hydrogen-bond acceptors (Lipinski definition) is 2. The normalized spacial score (nSPS) is 29.9. The Morgan fingerprint density at radius 3 is 2.68 bits per heavy atom. The largest absolute Gasteiger partial charge is 0.381 e. The second kappa shape index (κ2) is 5.49. The Hall–Kier alpha value is -1.09. The van der Waals surface area contributed by atoms with Crippen LogP contribution < -0.4 is 5.32 Å². The topological polar surface area (TPSA) is 21.3 Å². The molecule has 0 heterocycles. The molecule has 0 aliphatic heterocycles. The van der Waals surface area contributed by atoms with Gasteiger partial charge >= 0.3 is 0 Å². The van der Waals surface area contributed by atoms with Gasteiger partial charge in [0.15, 0.2) is 0 Å². The van der Waals surface area contributed by atoms with E-state index in [2.05, 4.69) is 19.2 Å². The van der Waals surface area contributed by atoms with Crippen LogP contribution in [0.2, 0.25) is 0 Å². The van der Waals surface area contributed by atoms with Crippen LogP contribution in [0, 0.1) is 18.2 Å². The van der Waals surface area contributed by atoms with E-state index in [-0.39, 0.29) is 11.2 Å². The van der Waals surface area contributed by atoms with Gasteiger partial charge < -0.3 is 10.1 Å². The summed E-state index contributed by atoms with van der Waals surface area (Å²) in [5.74, 6) is -0.179. The zero-order chi connectivity index (χ0) is 14.0. The zero-order valence-electron chi connectivity index (χ0n) is 12.3. The van der Waals surface area contributed by atoms with Crippen molar-refractivity contribution in [1.82, 2.24) is 0 Å². The third kappa shape index (κ3) is 2.76. The van der Waals surface area contributed by atoms with Crippen molar-refractivity contribution >= 4 is 5.69 Å². The quantitative estimate of drug-likeness (QED) is 0.864. The van der Waals surface area contributed by atoms with E-state index < -0.39 is 0 Å². The van der Waals surface area contributed by atoms with Gasteiger partial charge in [0, 0.05) is 23.8 Å². The van der Waals surface area contributed by atoms with Crippen LogP contribution in [-0.2, 0) is 4.74 Å². The Morgan fingerprint density at radius 1 is 1.37 bits per heavy atom. The third-order valence-electron chi connectivity index (χ3n) is 4.49. The fourth-order valence-electron chi connectivity index (χ4n) is 2.99. The van der Waals surface area contributed by atoms with Gasteiger partial charge in [-0.05, 0) is 50.5 Å². The first-order valence-corrected chi connectivity index (χ1v) is 7.15. The summed E-state index contributed by atoms with van der Waals surface area (Å²) in [6.07, 6.45) is 2.37. The monoisotopic (exact) mass is 265 g/mol. The van der Waals surface area contributed by atoms with Crippen LogP contribution >= 0.6 is 0 Å². The summed E-state index contributed by atoms with van der Waals surface area (Å²) in [6.45, 7) is 9.15. The summed E-state index contributed by atoms with van der Waals surface area (Å²) >= 11 is 0. The molecule has 1 aliphatic carbocycles. The maximum Gasteiger partial charge on any atom is 0.125 e. The number of benzene rings is 1. The smallest absolute Gasteiger partial charge is 0.125 e. The van der Waals surface area contributed by atoms with Gasteiger partial charge in [-0.25, -0.2) is 4.39 Å². The predicted molar refractivity (Wildman–Crippen MR) is 77.0 cm³/mol. The molecule has 3 atom stereocenters. The molecule has 0 bridgehead atoms. The van der Waals surface area contributed by atoms with Gasteiger partial charge in [-0.1, -0.05) is 13.8 Å². The van der Waals surface area contributed by atoms with Crippen molar-refractivity contribution in [3.05, 3.63) is 29.6 Å². The van der Waals surface area contributed by atoms with E-state index in [9.17, 15) is 4.39 Å². The number of nitrogens with one attached hydrogen (secondary N) is 1. The van der Waals surface area contributed by atoms with E-state index >= 15 is 0 Å². The molecule has 1 aromatic rings. The Balaban J connectivity index is 2.07. The van der Waals surface area contributed by atoms with Crippen LogP contribution in [0.3, 0.4) is 0 Å². The fraction of sp³-hybridized carbons (Fsp3) is 0.625. The molecule has 0 aromatic heterocycles.